The van der Waals surface area contributed by atoms with E-state index in [9.17, 15) is 4.79 Å². The van der Waals surface area contributed by atoms with Crippen LogP contribution in [-0.2, 0) is 7.05 Å². The van der Waals surface area contributed by atoms with Gasteiger partial charge in [-0.05, 0) is 12.1 Å². The zero-order valence-electron chi connectivity index (χ0n) is 8.25. The molecule has 0 aliphatic carbocycles. The molecule has 0 aliphatic heterocycles. The molecule has 0 saturated heterocycles. The summed E-state index contributed by atoms with van der Waals surface area (Å²) in [4.78, 5) is 11.6. The second kappa shape index (κ2) is 3.96. The lowest BCUT2D eigenvalue weighted by molar-refractivity contribution is 0.0726. The molecule has 76 valence electrons. The number of hydrogen-bond acceptors (Lipinski definition) is 3. The van der Waals surface area contributed by atoms with Crippen molar-refractivity contribution in [1.29, 1.82) is 0 Å². The minimum absolute atomic E-state index is 0.311. The van der Waals surface area contributed by atoms with Crippen LogP contribution in [0.1, 0.15) is 10.4 Å². The van der Waals surface area contributed by atoms with Crippen LogP contribution in [0.15, 0.2) is 42.6 Å². The van der Waals surface area contributed by atoms with Crippen molar-refractivity contribution in [3.8, 4) is 5.88 Å². The molecule has 0 unspecified atom stereocenters. The molecule has 0 spiro atoms. The average Bonchev–Trinajstić information content (AvgIpc) is 2.65. The fourth-order valence-corrected chi connectivity index (χ4v) is 1.18. The van der Waals surface area contributed by atoms with E-state index < -0.39 is 5.97 Å². The first-order valence-corrected chi connectivity index (χ1v) is 4.52. The maximum Gasteiger partial charge on any atom is 0.344 e. The summed E-state index contributed by atoms with van der Waals surface area (Å²) < 4.78 is 6.63. The van der Waals surface area contributed by atoms with Crippen LogP contribution in [0.25, 0.3) is 0 Å². The SMILES string of the molecule is Cn1ccc(OC(=O)c2ccccc2)n1. The van der Waals surface area contributed by atoms with Crippen molar-refractivity contribution in [2.45, 2.75) is 0 Å². The minimum Gasteiger partial charge on any atom is -0.402 e. The lowest BCUT2D eigenvalue weighted by Crippen LogP contribution is -2.08. The molecule has 4 nitrogen and oxygen atoms in total. The third-order valence-corrected chi connectivity index (χ3v) is 1.90. The van der Waals surface area contributed by atoms with Gasteiger partial charge in [0.25, 0.3) is 0 Å². The molecule has 0 saturated carbocycles. The number of carbonyl (C=O) groups excluding carboxylic acids is 1. The largest absolute Gasteiger partial charge is 0.402 e. The summed E-state index contributed by atoms with van der Waals surface area (Å²) in [7, 11) is 1.76. The van der Waals surface area contributed by atoms with E-state index in [0.717, 1.165) is 0 Å². The second-order valence-electron chi connectivity index (χ2n) is 3.08. The molecule has 0 atom stereocenters. The number of carbonyl (C=O) groups is 1. The molecular weight excluding hydrogens is 192 g/mol. The Kier molecular flexibility index (Phi) is 2.49. The quantitative estimate of drug-likeness (QED) is 0.695. The first-order chi connectivity index (χ1) is 7.25. The van der Waals surface area contributed by atoms with Crippen LogP contribution in [0.5, 0.6) is 5.88 Å². The van der Waals surface area contributed by atoms with Gasteiger partial charge in [0.1, 0.15) is 0 Å². The smallest absolute Gasteiger partial charge is 0.344 e. The Balaban J connectivity index is 2.11. The number of rotatable bonds is 2. The summed E-state index contributed by atoms with van der Waals surface area (Å²) >= 11 is 0. The maximum atomic E-state index is 11.6. The number of aryl methyl sites for hydroxylation is 1. The third-order valence-electron chi connectivity index (χ3n) is 1.90. The highest BCUT2D eigenvalue weighted by atomic mass is 16.5. The molecule has 15 heavy (non-hydrogen) atoms. The van der Waals surface area contributed by atoms with E-state index >= 15 is 0 Å². The van der Waals surface area contributed by atoms with E-state index in [0.29, 0.717) is 11.4 Å². The first kappa shape index (κ1) is 9.45. The summed E-state index contributed by atoms with van der Waals surface area (Å²) in [6.45, 7) is 0. The normalized spacial score (nSPS) is 9.93. The van der Waals surface area contributed by atoms with Crippen molar-refractivity contribution < 1.29 is 9.53 Å². The van der Waals surface area contributed by atoms with Gasteiger partial charge in [0.15, 0.2) is 0 Å². The predicted molar refractivity (Wildman–Crippen MR) is 54.6 cm³/mol. The summed E-state index contributed by atoms with van der Waals surface area (Å²) in [5.74, 6) is -0.0827. The number of ether oxygens (including phenoxy) is 1. The van der Waals surface area contributed by atoms with Crippen molar-refractivity contribution in [3.63, 3.8) is 0 Å². The molecule has 2 rings (SSSR count). The van der Waals surface area contributed by atoms with Gasteiger partial charge in [0.2, 0.25) is 5.88 Å². The van der Waals surface area contributed by atoms with Crippen LogP contribution in [0, 0.1) is 0 Å². The molecule has 0 bridgehead atoms. The average molecular weight is 202 g/mol. The van der Waals surface area contributed by atoms with Crippen LogP contribution >= 0.6 is 0 Å². The van der Waals surface area contributed by atoms with Crippen molar-refractivity contribution in [3.05, 3.63) is 48.2 Å². The van der Waals surface area contributed by atoms with Gasteiger partial charge in [-0.25, -0.2) is 4.79 Å². The minimum atomic E-state index is -0.394. The fraction of sp³-hybridized carbons (Fsp3) is 0.0909. The number of esters is 1. The Morgan fingerprint density at radius 1 is 1.27 bits per heavy atom. The standard InChI is InChI=1S/C11H10N2O2/c1-13-8-7-10(12-13)15-11(14)9-5-3-2-4-6-9/h2-8H,1H3. The number of aromatic nitrogens is 2. The van der Waals surface area contributed by atoms with Crippen LogP contribution in [0.4, 0.5) is 0 Å². The third kappa shape index (κ3) is 2.22. The highest BCUT2D eigenvalue weighted by molar-refractivity contribution is 5.90. The Morgan fingerprint density at radius 3 is 2.60 bits per heavy atom. The van der Waals surface area contributed by atoms with Gasteiger partial charge >= 0.3 is 5.97 Å². The predicted octanol–water partition coefficient (Wildman–Crippen LogP) is 1.64. The van der Waals surface area contributed by atoms with E-state index in [4.69, 9.17) is 4.74 Å². The van der Waals surface area contributed by atoms with Crippen molar-refractivity contribution in [2.75, 3.05) is 0 Å². The summed E-state index contributed by atoms with van der Waals surface area (Å²) in [6, 6.07) is 10.5. The highest BCUT2D eigenvalue weighted by Crippen LogP contribution is 2.08. The Bertz CT molecular complexity index is 462. The van der Waals surface area contributed by atoms with E-state index in [1.165, 1.54) is 0 Å². The van der Waals surface area contributed by atoms with Crippen LogP contribution in [0.3, 0.4) is 0 Å². The van der Waals surface area contributed by atoms with Crippen molar-refractivity contribution >= 4 is 5.97 Å². The van der Waals surface area contributed by atoms with E-state index in [2.05, 4.69) is 5.10 Å². The van der Waals surface area contributed by atoms with Gasteiger partial charge < -0.3 is 4.74 Å². The van der Waals surface area contributed by atoms with Gasteiger partial charge in [-0.15, -0.1) is 5.10 Å². The van der Waals surface area contributed by atoms with E-state index in [-0.39, 0.29) is 0 Å². The molecule has 1 heterocycles. The second-order valence-corrected chi connectivity index (χ2v) is 3.08. The monoisotopic (exact) mass is 202 g/mol. The molecule has 0 aliphatic rings. The molecular formula is C11H10N2O2. The molecule has 2 aromatic rings. The van der Waals surface area contributed by atoms with E-state index in [1.807, 2.05) is 6.07 Å². The summed E-state index contributed by atoms with van der Waals surface area (Å²) in [5.41, 5.74) is 0.517. The van der Waals surface area contributed by atoms with Crippen LogP contribution in [-0.4, -0.2) is 15.7 Å². The number of hydrogen-bond donors (Lipinski definition) is 0. The summed E-state index contributed by atoms with van der Waals surface area (Å²) in [6.07, 6.45) is 1.72. The number of nitrogens with zero attached hydrogens (tertiary/aromatic N) is 2. The molecule has 1 aromatic heterocycles. The van der Waals surface area contributed by atoms with Crippen molar-refractivity contribution in [2.24, 2.45) is 7.05 Å². The first-order valence-electron chi connectivity index (χ1n) is 4.52. The van der Waals surface area contributed by atoms with Crippen LogP contribution in [0.2, 0.25) is 0 Å². The molecule has 1 aromatic carbocycles. The Labute approximate surface area is 87.1 Å². The molecule has 4 heteroatoms. The molecule has 0 fully saturated rings. The molecule has 0 amide bonds. The zero-order valence-corrected chi connectivity index (χ0v) is 8.25. The Hall–Kier alpha value is -2.10. The van der Waals surface area contributed by atoms with E-state index in [1.54, 1.807) is 48.3 Å². The lowest BCUT2D eigenvalue weighted by Gasteiger charge is -1.99. The van der Waals surface area contributed by atoms with Gasteiger partial charge in [-0.3, -0.25) is 4.68 Å². The molecule has 0 radical (unpaired) electrons. The van der Waals surface area contributed by atoms with Crippen LogP contribution < -0.4 is 4.74 Å². The highest BCUT2D eigenvalue weighted by Gasteiger charge is 2.08. The van der Waals surface area contributed by atoms with Crippen molar-refractivity contribution in [1.82, 2.24) is 9.78 Å². The van der Waals surface area contributed by atoms with Gasteiger partial charge in [0, 0.05) is 19.3 Å². The fourth-order valence-electron chi connectivity index (χ4n) is 1.18. The summed E-state index contributed by atoms with van der Waals surface area (Å²) in [5, 5.41) is 3.95. The van der Waals surface area contributed by atoms with Gasteiger partial charge in [-0.2, -0.15) is 0 Å². The lowest BCUT2D eigenvalue weighted by atomic mass is 10.2. The maximum absolute atomic E-state index is 11.6. The zero-order chi connectivity index (χ0) is 10.7. The topological polar surface area (TPSA) is 44.1 Å². The number of benzene rings is 1. The van der Waals surface area contributed by atoms with Gasteiger partial charge in [-0.1, -0.05) is 18.2 Å². The van der Waals surface area contributed by atoms with Gasteiger partial charge in [0.05, 0.1) is 5.56 Å². The Morgan fingerprint density at radius 2 is 2.00 bits per heavy atom. The molecule has 0 N–H and O–H groups in total.